The lowest BCUT2D eigenvalue weighted by Crippen LogP contribution is -2.41. The number of halogens is 1. The topological polar surface area (TPSA) is 93.0 Å². The number of fused-ring (bicyclic) bond motifs is 1. The molecule has 0 spiro atoms. The Labute approximate surface area is 237 Å². The minimum atomic E-state index is -3.68. The van der Waals surface area contributed by atoms with Gasteiger partial charge in [0.1, 0.15) is 17.0 Å². The van der Waals surface area contributed by atoms with Crippen molar-refractivity contribution >= 4 is 54.2 Å². The first-order chi connectivity index (χ1) is 18.8. The van der Waals surface area contributed by atoms with Crippen molar-refractivity contribution in [3.63, 3.8) is 0 Å². The number of anilines is 1. The fourth-order valence-electron chi connectivity index (χ4n) is 5.06. The Kier molecular flexibility index (Phi) is 8.27. The number of benzene rings is 2. The van der Waals surface area contributed by atoms with E-state index in [1.54, 1.807) is 54.1 Å². The summed E-state index contributed by atoms with van der Waals surface area (Å²) in [5, 5.41) is 0.928. The number of hydrogen-bond donors (Lipinski definition) is 0. The van der Waals surface area contributed by atoms with E-state index in [9.17, 15) is 13.2 Å². The van der Waals surface area contributed by atoms with Crippen molar-refractivity contribution in [1.82, 2.24) is 9.29 Å². The Morgan fingerprint density at radius 2 is 1.87 bits per heavy atom. The summed E-state index contributed by atoms with van der Waals surface area (Å²) < 4.78 is 40.2. The first-order valence-corrected chi connectivity index (χ1v) is 15.6. The summed E-state index contributed by atoms with van der Waals surface area (Å²) in [4.78, 5) is 20.2. The third-order valence-electron chi connectivity index (χ3n) is 7.04. The molecule has 0 atom stereocenters. The van der Waals surface area contributed by atoms with E-state index in [2.05, 4.69) is 4.98 Å². The van der Waals surface area contributed by atoms with Crippen molar-refractivity contribution in [1.29, 1.82) is 0 Å². The van der Waals surface area contributed by atoms with Gasteiger partial charge >= 0.3 is 0 Å². The highest BCUT2D eigenvalue weighted by molar-refractivity contribution is 7.89. The van der Waals surface area contributed by atoms with E-state index in [1.165, 1.54) is 28.4 Å². The Morgan fingerprint density at radius 1 is 1.13 bits per heavy atom. The summed E-state index contributed by atoms with van der Waals surface area (Å²) in [5.74, 6) is 0.783. The van der Waals surface area contributed by atoms with Crippen LogP contribution in [-0.4, -0.2) is 43.3 Å². The molecular formula is C28H30ClN3O5S2. The van der Waals surface area contributed by atoms with Crippen LogP contribution in [0.1, 0.15) is 55.1 Å². The number of rotatable bonds is 9. The zero-order valence-electron chi connectivity index (χ0n) is 21.8. The van der Waals surface area contributed by atoms with Crippen molar-refractivity contribution in [3.05, 3.63) is 71.1 Å². The van der Waals surface area contributed by atoms with Gasteiger partial charge in [-0.05, 0) is 61.4 Å². The van der Waals surface area contributed by atoms with E-state index in [0.717, 1.165) is 32.1 Å². The lowest BCUT2D eigenvalue weighted by atomic mass is 9.95. The van der Waals surface area contributed by atoms with Gasteiger partial charge in [-0.25, -0.2) is 13.4 Å². The summed E-state index contributed by atoms with van der Waals surface area (Å²) >= 11 is 7.70. The third-order valence-corrected chi connectivity index (χ3v) is 10.6. The molecule has 2 aromatic heterocycles. The maximum atomic E-state index is 13.8. The molecule has 2 heterocycles. The average molecular weight is 588 g/mol. The second-order valence-electron chi connectivity index (χ2n) is 9.42. The fraction of sp³-hybridized carbons (Fsp3) is 0.357. The Morgan fingerprint density at radius 3 is 2.51 bits per heavy atom. The van der Waals surface area contributed by atoms with Gasteiger partial charge < -0.3 is 9.15 Å². The number of furan rings is 1. The molecule has 0 bridgehead atoms. The minimum absolute atomic E-state index is 0.0155. The minimum Gasteiger partial charge on any atom is -0.494 e. The highest BCUT2D eigenvalue weighted by atomic mass is 35.5. The van der Waals surface area contributed by atoms with E-state index in [-0.39, 0.29) is 23.4 Å². The highest BCUT2D eigenvalue weighted by Crippen LogP contribution is 2.39. The number of thiazole rings is 1. The maximum Gasteiger partial charge on any atom is 0.260 e. The molecule has 1 aliphatic carbocycles. The highest BCUT2D eigenvalue weighted by Gasteiger charge is 2.31. The van der Waals surface area contributed by atoms with Crippen LogP contribution in [0.5, 0.6) is 5.75 Å². The van der Waals surface area contributed by atoms with E-state index < -0.39 is 10.0 Å². The average Bonchev–Trinajstić information content (AvgIpc) is 3.63. The van der Waals surface area contributed by atoms with Crippen LogP contribution < -0.4 is 9.64 Å². The van der Waals surface area contributed by atoms with E-state index in [1.807, 2.05) is 6.92 Å². The second-order valence-corrected chi connectivity index (χ2v) is 12.7. The zero-order chi connectivity index (χ0) is 27.6. The van der Waals surface area contributed by atoms with Gasteiger partial charge in [0.05, 0.1) is 34.5 Å². The number of methoxy groups -OCH3 is 1. The molecular weight excluding hydrogens is 558 g/mol. The number of amides is 1. The molecule has 0 saturated heterocycles. The van der Waals surface area contributed by atoms with Crippen LogP contribution in [0, 0.1) is 0 Å². The second kappa shape index (κ2) is 11.7. The quantitative estimate of drug-likeness (QED) is 0.215. The first kappa shape index (κ1) is 27.6. The van der Waals surface area contributed by atoms with Crippen LogP contribution in [0.2, 0.25) is 5.02 Å². The van der Waals surface area contributed by atoms with Crippen molar-refractivity contribution in [3.8, 4) is 5.75 Å². The maximum absolute atomic E-state index is 13.8. The molecule has 39 heavy (non-hydrogen) atoms. The van der Waals surface area contributed by atoms with Crippen molar-refractivity contribution in [2.75, 3.05) is 18.6 Å². The standard InChI is InChI=1S/C28H30ClN3O5S2/c1-3-32(20-8-5-4-6-9-20)39(34,35)22-13-11-19(12-14-22)27(33)31(18-21-10-7-17-37-21)28-30-25-24(36-2)16-15-23(29)26(25)38-28/h7,10-17,20H,3-6,8-9,18H2,1-2H3. The Bertz CT molecular complexity index is 1550. The zero-order valence-corrected chi connectivity index (χ0v) is 24.2. The van der Waals surface area contributed by atoms with Gasteiger partial charge in [-0.1, -0.05) is 49.1 Å². The van der Waals surface area contributed by atoms with Crippen LogP contribution >= 0.6 is 22.9 Å². The molecule has 206 valence electrons. The molecule has 1 aliphatic rings. The van der Waals surface area contributed by atoms with Gasteiger partial charge in [0.2, 0.25) is 10.0 Å². The lowest BCUT2D eigenvalue weighted by Gasteiger charge is -2.32. The number of carbonyl (C=O) groups is 1. The van der Waals surface area contributed by atoms with Gasteiger partial charge in [0.25, 0.3) is 5.91 Å². The fourth-order valence-corrected chi connectivity index (χ4v) is 8.01. The Hall–Kier alpha value is -2.92. The summed E-state index contributed by atoms with van der Waals surface area (Å²) in [7, 11) is -2.13. The summed E-state index contributed by atoms with van der Waals surface area (Å²) in [5.41, 5.74) is 0.893. The number of sulfonamides is 1. The predicted octanol–water partition coefficient (Wildman–Crippen LogP) is 6.74. The number of aromatic nitrogens is 1. The van der Waals surface area contributed by atoms with Crippen molar-refractivity contribution < 1.29 is 22.4 Å². The molecule has 11 heteroatoms. The normalized spacial score (nSPS) is 14.7. The molecule has 5 rings (SSSR count). The molecule has 0 aliphatic heterocycles. The summed E-state index contributed by atoms with van der Waals surface area (Å²) in [6, 6.07) is 13.1. The van der Waals surface area contributed by atoms with Crippen LogP contribution in [0.15, 0.2) is 64.1 Å². The predicted molar refractivity (Wildman–Crippen MR) is 153 cm³/mol. The number of nitrogens with zero attached hydrogens (tertiary/aromatic N) is 3. The molecule has 4 aromatic rings. The molecule has 1 amide bonds. The summed E-state index contributed by atoms with van der Waals surface area (Å²) in [6.07, 6.45) is 6.52. The molecule has 1 fully saturated rings. The number of ether oxygens (including phenoxy) is 1. The SMILES string of the molecule is CCN(C1CCCCC1)S(=O)(=O)c1ccc(C(=O)N(Cc2ccco2)c2nc3c(OC)ccc(Cl)c3s2)cc1. The van der Waals surface area contributed by atoms with Gasteiger partial charge in [-0.3, -0.25) is 9.69 Å². The van der Waals surface area contributed by atoms with E-state index >= 15 is 0 Å². The van der Waals surface area contributed by atoms with Gasteiger partial charge in [-0.15, -0.1) is 0 Å². The first-order valence-electron chi connectivity index (χ1n) is 12.9. The molecule has 2 aromatic carbocycles. The van der Waals surface area contributed by atoms with E-state index in [4.69, 9.17) is 20.8 Å². The molecule has 0 unspecified atom stereocenters. The van der Waals surface area contributed by atoms with Crippen molar-refractivity contribution in [2.24, 2.45) is 0 Å². The summed E-state index contributed by atoms with van der Waals surface area (Å²) in [6.45, 7) is 2.42. The Balaban J connectivity index is 1.47. The van der Waals surface area contributed by atoms with Crippen LogP contribution in [-0.2, 0) is 16.6 Å². The van der Waals surface area contributed by atoms with E-state index in [0.29, 0.717) is 44.0 Å². The van der Waals surface area contributed by atoms with Crippen molar-refractivity contribution in [2.45, 2.75) is 56.5 Å². The molecule has 8 nitrogen and oxygen atoms in total. The molecule has 0 radical (unpaired) electrons. The third kappa shape index (κ3) is 5.56. The largest absolute Gasteiger partial charge is 0.494 e. The van der Waals surface area contributed by atoms with Gasteiger partial charge in [0.15, 0.2) is 5.13 Å². The molecule has 1 saturated carbocycles. The smallest absolute Gasteiger partial charge is 0.260 e. The van der Waals surface area contributed by atoms with Crippen LogP contribution in [0.4, 0.5) is 5.13 Å². The van der Waals surface area contributed by atoms with Gasteiger partial charge in [-0.2, -0.15) is 4.31 Å². The van der Waals surface area contributed by atoms with Crippen LogP contribution in [0.25, 0.3) is 10.2 Å². The monoisotopic (exact) mass is 587 g/mol. The number of carbonyl (C=O) groups excluding carboxylic acids is 1. The number of hydrogen-bond acceptors (Lipinski definition) is 7. The lowest BCUT2D eigenvalue weighted by molar-refractivity contribution is 0.0983. The van der Waals surface area contributed by atoms with Gasteiger partial charge in [0, 0.05) is 18.2 Å². The molecule has 0 N–H and O–H groups in total. The van der Waals surface area contributed by atoms with Crippen LogP contribution in [0.3, 0.4) is 0 Å².